The molecule has 1 heterocycles. The van der Waals surface area contributed by atoms with Crippen LogP contribution in [0.4, 0.5) is 5.69 Å². The van der Waals surface area contributed by atoms with Gasteiger partial charge in [-0.1, -0.05) is 13.0 Å². The SMILES string of the molecule is Cc1c(NC2CCSC2C)cccc1S(N)(=O)=O. The standard InChI is InChI=1S/C12H18N2O2S2/c1-8-10(14-11-6-7-17-9(11)2)4-3-5-12(8)18(13,15)16/h3-5,9,11,14H,6-7H2,1-2H3,(H2,13,15,16). The van der Waals surface area contributed by atoms with Gasteiger partial charge in [0.05, 0.1) is 4.90 Å². The Hall–Kier alpha value is -0.720. The zero-order valence-corrected chi connectivity index (χ0v) is 12.1. The summed E-state index contributed by atoms with van der Waals surface area (Å²) in [5.41, 5.74) is 1.56. The number of hydrogen-bond donors (Lipinski definition) is 2. The van der Waals surface area contributed by atoms with Gasteiger partial charge in [-0.2, -0.15) is 11.8 Å². The molecule has 3 N–H and O–H groups in total. The first-order valence-electron chi connectivity index (χ1n) is 5.90. The highest BCUT2D eigenvalue weighted by molar-refractivity contribution is 8.00. The molecule has 6 heteroatoms. The Kier molecular flexibility index (Phi) is 3.89. The van der Waals surface area contributed by atoms with Gasteiger partial charge in [0.2, 0.25) is 10.0 Å². The van der Waals surface area contributed by atoms with Crippen LogP contribution >= 0.6 is 11.8 Å². The van der Waals surface area contributed by atoms with Gasteiger partial charge in [-0.15, -0.1) is 0 Å². The molecule has 2 atom stereocenters. The highest BCUT2D eigenvalue weighted by atomic mass is 32.2. The van der Waals surface area contributed by atoms with Crippen LogP contribution in [-0.4, -0.2) is 25.5 Å². The van der Waals surface area contributed by atoms with Crippen LogP contribution in [0.3, 0.4) is 0 Å². The number of primary sulfonamides is 1. The average Bonchev–Trinajstić information content (AvgIpc) is 2.66. The second-order valence-corrected chi connectivity index (χ2v) is 7.60. The Bertz CT molecular complexity index is 543. The summed E-state index contributed by atoms with van der Waals surface area (Å²) in [6.45, 7) is 3.98. The minimum Gasteiger partial charge on any atom is -0.381 e. The highest BCUT2D eigenvalue weighted by Crippen LogP contribution is 2.30. The molecule has 2 unspecified atom stereocenters. The summed E-state index contributed by atoms with van der Waals surface area (Å²) in [4.78, 5) is 0.200. The minimum absolute atomic E-state index is 0.200. The van der Waals surface area contributed by atoms with E-state index < -0.39 is 10.0 Å². The maximum absolute atomic E-state index is 11.5. The van der Waals surface area contributed by atoms with Crippen molar-refractivity contribution in [2.75, 3.05) is 11.1 Å². The van der Waals surface area contributed by atoms with Crippen LogP contribution in [0, 0.1) is 6.92 Å². The van der Waals surface area contributed by atoms with Crippen molar-refractivity contribution >= 4 is 27.5 Å². The molecule has 0 amide bonds. The lowest BCUT2D eigenvalue weighted by Gasteiger charge is -2.20. The molecule has 4 nitrogen and oxygen atoms in total. The lowest BCUT2D eigenvalue weighted by atomic mass is 10.1. The molecule has 0 saturated carbocycles. The molecule has 0 aliphatic carbocycles. The molecule has 0 bridgehead atoms. The van der Waals surface area contributed by atoms with Gasteiger partial charge < -0.3 is 5.32 Å². The van der Waals surface area contributed by atoms with E-state index in [2.05, 4.69) is 12.2 Å². The van der Waals surface area contributed by atoms with Gasteiger partial charge in [0.25, 0.3) is 0 Å². The van der Waals surface area contributed by atoms with Gasteiger partial charge in [-0.25, -0.2) is 13.6 Å². The van der Waals surface area contributed by atoms with Crippen molar-refractivity contribution in [1.82, 2.24) is 0 Å². The summed E-state index contributed by atoms with van der Waals surface area (Å²) in [6, 6.07) is 5.56. The zero-order chi connectivity index (χ0) is 13.3. The van der Waals surface area contributed by atoms with Gasteiger partial charge in [0.15, 0.2) is 0 Å². The van der Waals surface area contributed by atoms with Gasteiger partial charge in [0, 0.05) is 17.0 Å². The smallest absolute Gasteiger partial charge is 0.238 e. The summed E-state index contributed by atoms with van der Waals surface area (Å²) in [5, 5.41) is 9.18. The third kappa shape index (κ3) is 2.81. The first-order chi connectivity index (χ1) is 8.39. The van der Waals surface area contributed by atoms with Crippen molar-refractivity contribution in [2.45, 2.75) is 36.5 Å². The van der Waals surface area contributed by atoms with Gasteiger partial charge in [-0.05, 0) is 36.8 Å². The fraction of sp³-hybridized carbons (Fsp3) is 0.500. The van der Waals surface area contributed by atoms with E-state index in [1.807, 2.05) is 17.8 Å². The van der Waals surface area contributed by atoms with Crippen molar-refractivity contribution in [3.8, 4) is 0 Å². The Labute approximate surface area is 112 Å². The third-order valence-electron chi connectivity index (χ3n) is 3.31. The number of nitrogens with two attached hydrogens (primary N) is 1. The normalized spacial score (nSPS) is 24.2. The van der Waals surface area contributed by atoms with E-state index in [0.717, 1.165) is 17.9 Å². The molecule has 1 fully saturated rings. The van der Waals surface area contributed by atoms with Crippen LogP contribution in [0.15, 0.2) is 23.1 Å². The number of thioether (sulfide) groups is 1. The maximum Gasteiger partial charge on any atom is 0.238 e. The first kappa shape index (κ1) is 13.7. The third-order valence-corrected chi connectivity index (χ3v) is 5.69. The Morgan fingerprint density at radius 2 is 2.17 bits per heavy atom. The molecule has 1 aliphatic heterocycles. The molecule has 0 radical (unpaired) electrons. The number of anilines is 1. The van der Waals surface area contributed by atoms with Crippen molar-refractivity contribution in [3.63, 3.8) is 0 Å². The van der Waals surface area contributed by atoms with Crippen LogP contribution in [0.2, 0.25) is 0 Å². The molecular formula is C12H18N2O2S2. The summed E-state index contributed by atoms with van der Waals surface area (Å²) in [5.74, 6) is 1.15. The fourth-order valence-electron chi connectivity index (χ4n) is 2.20. The number of rotatable bonds is 3. The van der Waals surface area contributed by atoms with E-state index in [4.69, 9.17) is 5.14 Å². The highest BCUT2D eigenvalue weighted by Gasteiger charge is 2.24. The van der Waals surface area contributed by atoms with E-state index >= 15 is 0 Å². The Morgan fingerprint density at radius 1 is 1.44 bits per heavy atom. The molecule has 0 aromatic heterocycles. The van der Waals surface area contributed by atoms with Crippen molar-refractivity contribution in [2.24, 2.45) is 5.14 Å². The largest absolute Gasteiger partial charge is 0.381 e. The van der Waals surface area contributed by atoms with Gasteiger partial charge in [0.1, 0.15) is 0 Å². The van der Waals surface area contributed by atoms with E-state index in [1.165, 1.54) is 0 Å². The molecule has 1 saturated heterocycles. The Balaban J connectivity index is 2.29. The summed E-state index contributed by atoms with van der Waals surface area (Å²) in [7, 11) is -3.65. The number of sulfonamides is 1. The van der Waals surface area contributed by atoms with Crippen LogP contribution in [0.5, 0.6) is 0 Å². The quantitative estimate of drug-likeness (QED) is 0.891. The second kappa shape index (κ2) is 5.11. The van der Waals surface area contributed by atoms with E-state index in [9.17, 15) is 8.42 Å². The van der Waals surface area contributed by atoms with Gasteiger partial charge in [-0.3, -0.25) is 0 Å². The summed E-state index contributed by atoms with van der Waals surface area (Å²) >= 11 is 1.93. The molecule has 0 spiro atoms. The fourth-order valence-corrected chi connectivity index (χ4v) is 4.20. The minimum atomic E-state index is -3.65. The second-order valence-electron chi connectivity index (χ2n) is 4.59. The van der Waals surface area contributed by atoms with Crippen LogP contribution in [0.1, 0.15) is 18.9 Å². The predicted molar refractivity (Wildman–Crippen MR) is 76.5 cm³/mol. The molecule has 1 aromatic rings. The lowest BCUT2D eigenvalue weighted by Crippen LogP contribution is -2.25. The van der Waals surface area contributed by atoms with Crippen LogP contribution in [-0.2, 0) is 10.0 Å². The number of hydrogen-bond acceptors (Lipinski definition) is 4. The average molecular weight is 286 g/mol. The van der Waals surface area contributed by atoms with E-state index in [1.54, 1.807) is 19.1 Å². The molecular weight excluding hydrogens is 268 g/mol. The molecule has 1 aliphatic rings. The van der Waals surface area contributed by atoms with Gasteiger partial charge >= 0.3 is 0 Å². The summed E-state index contributed by atoms with van der Waals surface area (Å²) in [6.07, 6.45) is 1.10. The maximum atomic E-state index is 11.5. The van der Waals surface area contributed by atoms with Crippen molar-refractivity contribution in [1.29, 1.82) is 0 Å². The molecule has 100 valence electrons. The topological polar surface area (TPSA) is 72.2 Å². The molecule has 18 heavy (non-hydrogen) atoms. The first-order valence-corrected chi connectivity index (χ1v) is 8.49. The predicted octanol–water partition coefficient (Wildman–Crippen LogP) is 1.95. The Morgan fingerprint density at radius 3 is 2.72 bits per heavy atom. The molecule has 2 rings (SSSR count). The number of nitrogens with one attached hydrogen (secondary N) is 1. The monoisotopic (exact) mass is 286 g/mol. The zero-order valence-electron chi connectivity index (χ0n) is 10.5. The lowest BCUT2D eigenvalue weighted by molar-refractivity contribution is 0.597. The van der Waals surface area contributed by atoms with Crippen molar-refractivity contribution < 1.29 is 8.42 Å². The van der Waals surface area contributed by atoms with Crippen LogP contribution < -0.4 is 10.5 Å². The number of benzene rings is 1. The van der Waals surface area contributed by atoms with E-state index in [-0.39, 0.29) is 4.90 Å². The molecule has 1 aromatic carbocycles. The van der Waals surface area contributed by atoms with E-state index in [0.29, 0.717) is 16.9 Å². The van der Waals surface area contributed by atoms with Crippen LogP contribution in [0.25, 0.3) is 0 Å². The van der Waals surface area contributed by atoms with Crippen molar-refractivity contribution in [3.05, 3.63) is 23.8 Å². The summed E-state index contributed by atoms with van der Waals surface area (Å²) < 4.78 is 22.9.